The first-order chi connectivity index (χ1) is 15.9. The van der Waals surface area contributed by atoms with Gasteiger partial charge in [-0.3, -0.25) is 0 Å². The van der Waals surface area contributed by atoms with Gasteiger partial charge in [-0.05, 0) is 24.6 Å². The first-order valence-corrected chi connectivity index (χ1v) is 10.2. The topological polar surface area (TPSA) is 135 Å². The van der Waals surface area contributed by atoms with Crippen LogP contribution in [0.4, 0.5) is 17.7 Å². The SMILES string of the molecule is COc1cc(OC)cc(Oc2ccc(C(C)N(C)c3ncc4c(N)nc(N)nc4n3)cc2)c1. The molecule has 0 saturated carbocycles. The van der Waals surface area contributed by atoms with Crippen molar-refractivity contribution in [3.63, 3.8) is 0 Å². The molecule has 0 amide bonds. The van der Waals surface area contributed by atoms with Gasteiger partial charge < -0.3 is 30.6 Å². The molecule has 1 atom stereocenters. The van der Waals surface area contributed by atoms with E-state index in [1.165, 1.54) is 0 Å². The predicted molar refractivity (Wildman–Crippen MR) is 127 cm³/mol. The fourth-order valence-electron chi connectivity index (χ4n) is 3.30. The van der Waals surface area contributed by atoms with Crippen molar-refractivity contribution in [1.82, 2.24) is 19.9 Å². The Morgan fingerprint density at radius 3 is 2.12 bits per heavy atom. The van der Waals surface area contributed by atoms with E-state index < -0.39 is 0 Å². The Bertz CT molecular complexity index is 1260. The highest BCUT2D eigenvalue weighted by molar-refractivity contribution is 5.85. The molecule has 2 aromatic carbocycles. The number of hydrogen-bond acceptors (Lipinski definition) is 10. The molecule has 0 radical (unpaired) electrons. The van der Waals surface area contributed by atoms with Crippen molar-refractivity contribution in [1.29, 1.82) is 0 Å². The zero-order chi connectivity index (χ0) is 23.5. The largest absolute Gasteiger partial charge is 0.496 e. The number of methoxy groups -OCH3 is 2. The van der Waals surface area contributed by atoms with Crippen LogP contribution in [-0.2, 0) is 0 Å². The van der Waals surface area contributed by atoms with Crippen LogP contribution in [0, 0.1) is 0 Å². The number of ether oxygens (including phenoxy) is 3. The van der Waals surface area contributed by atoms with Crippen molar-refractivity contribution in [2.75, 3.05) is 37.6 Å². The van der Waals surface area contributed by atoms with Crippen LogP contribution in [0.1, 0.15) is 18.5 Å². The fourth-order valence-corrected chi connectivity index (χ4v) is 3.30. The van der Waals surface area contributed by atoms with Gasteiger partial charge in [-0.15, -0.1) is 0 Å². The van der Waals surface area contributed by atoms with Crippen molar-refractivity contribution in [3.8, 4) is 23.0 Å². The molecule has 0 spiro atoms. The summed E-state index contributed by atoms with van der Waals surface area (Å²) in [5.41, 5.74) is 13.0. The average Bonchev–Trinajstić information content (AvgIpc) is 2.82. The number of nitrogens with two attached hydrogens (primary N) is 2. The molecule has 0 bridgehead atoms. The minimum absolute atomic E-state index is 0.0232. The molecule has 10 nitrogen and oxygen atoms in total. The predicted octanol–water partition coefficient (Wildman–Crippen LogP) is 3.59. The average molecular weight is 447 g/mol. The molecule has 2 aromatic heterocycles. The van der Waals surface area contributed by atoms with Crippen molar-refractivity contribution in [3.05, 3.63) is 54.2 Å². The van der Waals surface area contributed by atoms with Gasteiger partial charge >= 0.3 is 0 Å². The Morgan fingerprint density at radius 2 is 1.48 bits per heavy atom. The maximum Gasteiger partial charge on any atom is 0.227 e. The van der Waals surface area contributed by atoms with Crippen LogP contribution in [0.15, 0.2) is 48.7 Å². The Hall–Kier alpha value is -4.34. The van der Waals surface area contributed by atoms with Gasteiger partial charge in [0.2, 0.25) is 11.9 Å². The van der Waals surface area contributed by atoms with Crippen molar-refractivity contribution in [2.45, 2.75) is 13.0 Å². The highest BCUT2D eigenvalue weighted by Gasteiger charge is 2.17. The van der Waals surface area contributed by atoms with E-state index >= 15 is 0 Å². The van der Waals surface area contributed by atoms with Crippen LogP contribution >= 0.6 is 0 Å². The first-order valence-electron chi connectivity index (χ1n) is 10.2. The van der Waals surface area contributed by atoms with Gasteiger partial charge in [0, 0.05) is 31.4 Å². The van der Waals surface area contributed by atoms with E-state index in [2.05, 4.69) is 26.9 Å². The number of nitrogens with zero attached hydrogens (tertiary/aromatic N) is 5. The molecule has 0 aliphatic heterocycles. The third kappa shape index (κ3) is 4.64. The molecule has 4 aromatic rings. The molecule has 10 heteroatoms. The van der Waals surface area contributed by atoms with Crippen molar-refractivity contribution >= 4 is 28.7 Å². The Kier molecular flexibility index (Phi) is 5.99. The van der Waals surface area contributed by atoms with Gasteiger partial charge in [-0.25, -0.2) is 4.98 Å². The second-order valence-electron chi connectivity index (χ2n) is 7.38. The van der Waals surface area contributed by atoms with Crippen molar-refractivity contribution in [2.24, 2.45) is 0 Å². The monoisotopic (exact) mass is 447 g/mol. The summed E-state index contributed by atoms with van der Waals surface area (Å²) in [5.74, 6) is 3.44. The molecule has 4 rings (SSSR count). The Morgan fingerprint density at radius 1 is 0.848 bits per heavy atom. The maximum absolute atomic E-state index is 5.98. The van der Waals surface area contributed by atoms with Crippen molar-refractivity contribution < 1.29 is 14.2 Å². The maximum atomic E-state index is 5.98. The summed E-state index contributed by atoms with van der Waals surface area (Å²) >= 11 is 0. The molecule has 2 heterocycles. The lowest BCUT2D eigenvalue weighted by Crippen LogP contribution is -2.23. The highest BCUT2D eigenvalue weighted by Crippen LogP contribution is 2.32. The highest BCUT2D eigenvalue weighted by atomic mass is 16.5. The summed E-state index contributed by atoms with van der Waals surface area (Å²) in [6, 6.07) is 13.2. The van der Waals surface area contributed by atoms with Crippen LogP contribution in [0.2, 0.25) is 0 Å². The molecule has 4 N–H and O–H groups in total. The number of benzene rings is 2. The van der Waals surface area contributed by atoms with Crippen LogP contribution in [0.5, 0.6) is 23.0 Å². The van der Waals surface area contributed by atoms with E-state index in [1.807, 2.05) is 36.2 Å². The van der Waals surface area contributed by atoms with Gasteiger partial charge in [0.05, 0.1) is 25.6 Å². The molecular weight excluding hydrogens is 422 g/mol. The molecule has 0 aliphatic carbocycles. The second kappa shape index (κ2) is 9.03. The number of fused-ring (bicyclic) bond motifs is 1. The standard InChI is InChI=1S/C23H25N7O3/c1-13(30(2)23-26-12-19-20(24)27-22(25)28-21(19)29-23)14-5-7-15(8-6-14)33-18-10-16(31-3)9-17(11-18)32-4/h5-13H,1-4H3,(H4,24,25,26,27,28,29). The summed E-state index contributed by atoms with van der Waals surface area (Å²) in [5, 5.41) is 0.560. The van der Waals surface area contributed by atoms with Gasteiger partial charge in [0.15, 0.2) is 5.65 Å². The van der Waals surface area contributed by atoms with E-state index in [9.17, 15) is 0 Å². The molecule has 0 saturated heterocycles. The number of hydrogen-bond donors (Lipinski definition) is 2. The van der Waals surface area contributed by atoms with Crippen LogP contribution in [0.25, 0.3) is 11.0 Å². The summed E-state index contributed by atoms with van der Waals surface area (Å²) in [7, 11) is 5.11. The molecule has 33 heavy (non-hydrogen) atoms. The third-order valence-electron chi connectivity index (χ3n) is 5.31. The number of nitrogen functional groups attached to an aromatic ring is 2. The molecule has 1 unspecified atom stereocenters. The zero-order valence-electron chi connectivity index (χ0n) is 18.8. The van der Waals surface area contributed by atoms with Crippen LogP contribution in [-0.4, -0.2) is 41.2 Å². The molecule has 0 aliphatic rings. The van der Waals surface area contributed by atoms with E-state index in [0.29, 0.717) is 40.0 Å². The Balaban J connectivity index is 1.52. The van der Waals surface area contributed by atoms with E-state index in [4.69, 9.17) is 25.7 Å². The minimum atomic E-state index is -0.0232. The first kappa shape index (κ1) is 21.9. The van der Waals surface area contributed by atoms with Gasteiger partial charge in [0.1, 0.15) is 28.8 Å². The van der Waals surface area contributed by atoms with Gasteiger partial charge in [-0.2, -0.15) is 15.0 Å². The zero-order valence-corrected chi connectivity index (χ0v) is 18.8. The van der Waals surface area contributed by atoms with E-state index in [1.54, 1.807) is 38.6 Å². The number of anilines is 3. The molecule has 170 valence electrons. The lowest BCUT2D eigenvalue weighted by Gasteiger charge is -2.25. The lowest BCUT2D eigenvalue weighted by molar-refractivity contribution is 0.386. The summed E-state index contributed by atoms with van der Waals surface area (Å²) in [6.45, 7) is 2.05. The van der Waals surface area contributed by atoms with Crippen LogP contribution in [0.3, 0.4) is 0 Å². The van der Waals surface area contributed by atoms with E-state index in [0.717, 1.165) is 5.56 Å². The summed E-state index contributed by atoms with van der Waals surface area (Å²) < 4.78 is 16.6. The molecular formula is C23H25N7O3. The summed E-state index contributed by atoms with van der Waals surface area (Å²) in [6.07, 6.45) is 1.61. The fraction of sp³-hybridized carbons (Fsp3) is 0.217. The normalized spacial score (nSPS) is 11.8. The number of rotatable bonds is 7. The smallest absolute Gasteiger partial charge is 0.227 e. The summed E-state index contributed by atoms with van der Waals surface area (Å²) in [4.78, 5) is 19.0. The quantitative estimate of drug-likeness (QED) is 0.433. The minimum Gasteiger partial charge on any atom is -0.496 e. The van der Waals surface area contributed by atoms with Crippen LogP contribution < -0.4 is 30.6 Å². The molecule has 0 fully saturated rings. The number of aromatic nitrogens is 4. The Labute approximate surface area is 191 Å². The van der Waals surface area contributed by atoms with E-state index in [-0.39, 0.29) is 17.8 Å². The second-order valence-corrected chi connectivity index (χ2v) is 7.38. The lowest BCUT2D eigenvalue weighted by atomic mass is 10.1. The van der Waals surface area contributed by atoms with Gasteiger partial charge in [0.25, 0.3) is 0 Å². The third-order valence-corrected chi connectivity index (χ3v) is 5.31. The van der Waals surface area contributed by atoms with Gasteiger partial charge in [-0.1, -0.05) is 12.1 Å².